The number of para-hydroxylation sites is 1. The fourth-order valence-electron chi connectivity index (χ4n) is 2.68. The van der Waals surface area contributed by atoms with E-state index in [-0.39, 0.29) is 5.56 Å². The van der Waals surface area contributed by atoms with Crippen LogP contribution in [0.1, 0.15) is 30.9 Å². The van der Waals surface area contributed by atoms with Crippen molar-refractivity contribution in [1.82, 2.24) is 9.97 Å². The van der Waals surface area contributed by atoms with E-state index in [9.17, 15) is 4.79 Å². The van der Waals surface area contributed by atoms with Crippen LogP contribution in [0.3, 0.4) is 0 Å². The van der Waals surface area contributed by atoms with Crippen LogP contribution in [0.15, 0.2) is 47.3 Å². The zero-order valence-electron chi connectivity index (χ0n) is 13.0. The summed E-state index contributed by atoms with van der Waals surface area (Å²) < 4.78 is 0. The number of hydrogen-bond donors (Lipinski definition) is 2. The molecule has 0 aliphatic heterocycles. The first-order valence-corrected chi connectivity index (χ1v) is 7.41. The van der Waals surface area contributed by atoms with Crippen LogP contribution >= 0.6 is 0 Å². The second kappa shape index (κ2) is 5.64. The third-order valence-electron chi connectivity index (χ3n) is 3.77. The maximum atomic E-state index is 12.1. The number of H-pyrrole nitrogens is 1. The van der Waals surface area contributed by atoms with E-state index >= 15 is 0 Å². The monoisotopic (exact) mass is 293 g/mol. The molecule has 0 atom stereocenters. The van der Waals surface area contributed by atoms with Gasteiger partial charge < -0.3 is 5.32 Å². The minimum Gasteiger partial charge on any atom is -0.326 e. The molecular formula is C18H19N3O. The first-order chi connectivity index (χ1) is 10.5. The predicted octanol–water partition coefficient (Wildman–Crippen LogP) is 4.10. The van der Waals surface area contributed by atoms with Crippen LogP contribution < -0.4 is 10.9 Å². The first kappa shape index (κ1) is 14.3. The number of fused-ring (bicyclic) bond motifs is 1. The van der Waals surface area contributed by atoms with Crippen LogP contribution in [0.25, 0.3) is 10.9 Å². The Morgan fingerprint density at radius 3 is 2.64 bits per heavy atom. The summed E-state index contributed by atoms with van der Waals surface area (Å²) in [6.07, 6.45) is 0. The Bertz CT molecular complexity index is 881. The molecule has 0 amide bonds. The van der Waals surface area contributed by atoms with E-state index in [2.05, 4.69) is 48.2 Å². The Kier molecular flexibility index (Phi) is 3.67. The van der Waals surface area contributed by atoms with E-state index < -0.39 is 0 Å². The molecular weight excluding hydrogens is 274 g/mol. The number of aryl methyl sites for hydroxylation is 1. The number of aromatic nitrogens is 2. The van der Waals surface area contributed by atoms with Gasteiger partial charge in [0.05, 0.1) is 10.9 Å². The summed E-state index contributed by atoms with van der Waals surface area (Å²) in [7, 11) is 0. The zero-order chi connectivity index (χ0) is 15.7. The average Bonchev–Trinajstić information content (AvgIpc) is 2.47. The molecule has 1 aromatic heterocycles. The van der Waals surface area contributed by atoms with Crippen molar-refractivity contribution in [3.63, 3.8) is 0 Å². The van der Waals surface area contributed by atoms with Gasteiger partial charge >= 0.3 is 0 Å². The van der Waals surface area contributed by atoms with Crippen LogP contribution in [0.5, 0.6) is 0 Å². The highest BCUT2D eigenvalue weighted by molar-refractivity contribution is 5.78. The maximum absolute atomic E-state index is 12.1. The Hall–Kier alpha value is -2.62. The first-order valence-electron chi connectivity index (χ1n) is 7.41. The van der Waals surface area contributed by atoms with E-state index in [0.29, 0.717) is 22.8 Å². The summed E-state index contributed by atoms with van der Waals surface area (Å²) in [4.78, 5) is 19.3. The predicted molar refractivity (Wildman–Crippen MR) is 90.9 cm³/mol. The topological polar surface area (TPSA) is 57.8 Å². The number of benzene rings is 2. The SMILES string of the molecule is Cc1cc(Nc2nc3ccccc3c(=O)[nH]2)ccc1C(C)C. The largest absolute Gasteiger partial charge is 0.326 e. The van der Waals surface area contributed by atoms with E-state index in [4.69, 9.17) is 0 Å². The van der Waals surface area contributed by atoms with Crippen molar-refractivity contribution in [3.8, 4) is 0 Å². The number of aromatic amines is 1. The Labute approximate surface area is 129 Å². The van der Waals surface area contributed by atoms with Gasteiger partial charge in [-0.2, -0.15) is 0 Å². The minimum atomic E-state index is -0.136. The molecule has 0 fully saturated rings. The van der Waals surface area contributed by atoms with Gasteiger partial charge in [0.25, 0.3) is 5.56 Å². The molecule has 2 N–H and O–H groups in total. The van der Waals surface area contributed by atoms with Crippen molar-refractivity contribution in [2.45, 2.75) is 26.7 Å². The van der Waals surface area contributed by atoms with E-state index in [1.54, 1.807) is 6.07 Å². The van der Waals surface area contributed by atoms with Crippen molar-refractivity contribution >= 4 is 22.5 Å². The maximum Gasteiger partial charge on any atom is 0.260 e. The summed E-state index contributed by atoms with van der Waals surface area (Å²) in [6, 6.07) is 13.5. The van der Waals surface area contributed by atoms with Gasteiger partial charge in [0, 0.05) is 5.69 Å². The molecule has 4 heteroatoms. The highest BCUT2D eigenvalue weighted by Gasteiger charge is 2.06. The van der Waals surface area contributed by atoms with Crippen LogP contribution in [0.4, 0.5) is 11.6 Å². The molecule has 0 saturated heterocycles. The van der Waals surface area contributed by atoms with Gasteiger partial charge in [-0.05, 0) is 48.2 Å². The molecule has 22 heavy (non-hydrogen) atoms. The number of nitrogens with zero attached hydrogens (tertiary/aromatic N) is 1. The second-order valence-corrected chi connectivity index (χ2v) is 5.78. The van der Waals surface area contributed by atoms with E-state index in [1.165, 1.54) is 11.1 Å². The lowest BCUT2D eigenvalue weighted by atomic mass is 9.98. The molecule has 0 aliphatic carbocycles. The lowest BCUT2D eigenvalue weighted by Gasteiger charge is -2.12. The summed E-state index contributed by atoms with van der Waals surface area (Å²) in [5.74, 6) is 0.952. The van der Waals surface area contributed by atoms with Crippen molar-refractivity contribution in [2.75, 3.05) is 5.32 Å². The molecule has 2 aromatic carbocycles. The fourth-order valence-corrected chi connectivity index (χ4v) is 2.68. The van der Waals surface area contributed by atoms with Crippen molar-refractivity contribution in [2.24, 2.45) is 0 Å². The molecule has 0 unspecified atom stereocenters. The third kappa shape index (κ3) is 2.72. The number of hydrogen-bond acceptors (Lipinski definition) is 3. The molecule has 0 spiro atoms. The molecule has 4 nitrogen and oxygen atoms in total. The number of rotatable bonds is 3. The van der Waals surface area contributed by atoms with Gasteiger partial charge in [-0.3, -0.25) is 9.78 Å². The smallest absolute Gasteiger partial charge is 0.260 e. The molecule has 0 aliphatic rings. The fraction of sp³-hybridized carbons (Fsp3) is 0.222. The van der Waals surface area contributed by atoms with Crippen LogP contribution in [0.2, 0.25) is 0 Å². The summed E-state index contributed by atoms with van der Waals surface area (Å²) in [5.41, 5.74) is 4.02. The molecule has 3 aromatic rings. The lowest BCUT2D eigenvalue weighted by Crippen LogP contribution is -2.11. The van der Waals surface area contributed by atoms with Gasteiger partial charge in [-0.25, -0.2) is 4.98 Å². The standard InChI is InChI=1S/C18H19N3O/c1-11(2)14-9-8-13(10-12(14)3)19-18-20-16-7-5-4-6-15(16)17(22)21-18/h4-11H,1-3H3,(H2,19,20,21,22). The zero-order valence-corrected chi connectivity index (χ0v) is 13.0. The second-order valence-electron chi connectivity index (χ2n) is 5.78. The molecule has 0 radical (unpaired) electrons. The molecule has 0 bridgehead atoms. The number of anilines is 2. The summed E-state index contributed by atoms with van der Waals surface area (Å²) in [6.45, 7) is 6.45. The quantitative estimate of drug-likeness (QED) is 0.764. The van der Waals surface area contributed by atoms with Crippen molar-refractivity contribution < 1.29 is 0 Å². The molecule has 0 saturated carbocycles. The van der Waals surface area contributed by atoms with Gasteiger partial charge in [-0.1, -0.05) is 32.0 Å². The van der Waals surface area contributed by atoms with Crippen LogP contribution in [-0.2, 0) is 0 Å². The van der Waals surface area contributed by atoms with Gasteiger partial charge in [0.1, 0.15) is 0 Å². The van der Waals surface area contributed by atoms with Crippen molar-refractivity contribution in [3.05, 3.63) is 63.9 Å². The molecule has 3 rings (SSSR count). The Balaban J connectivity index is 1.96. The average molecular weight is 293 g/mol. The van der Waals surface area contributed by atoms with E-state index in [1.807, 2.05) is 24.3 Å². The molecule has 112 valence electrons. The lowest BCUT2D eigenvalue weighted by molar-refractivity contribution is 0.857. The van der Waals surface area contributed by atoms with Gasteiger partial charge in [0.2, 0.25) is 5.95 Å². The normalized spacial score (nSPS) is 11.1. The number of nitrogens with one attached hydrogen (secondary N) is 2. The third-order valence-corrected chi connectivity index (χ3v) is 3.77. The Morgan fingerprint density at radius 2 is 1.91 bits per heavy atom. The van der Waals surface area contributed by atoms with E-state index in [0.717, 1.165) is 5.69 Å². The summed E-state index contributed by atoms with van der Waals surface area (Å²) in [5, 5.41) is 3.77. The molecule has 1 heterocycles. The van der Waals surface area contributed by atoms with Crippen LogP contribution in [0, 0.1) is 6.92 Å². The van der Waals surface area contributed by atoms with Gasteiger partial charge in [0.15, 0.2) is 0 Å². The van der Waals surface area contributed by atoms with Gasteiger partial charge in [-0.15, -0.1) is 0 Å². The highest BCUT2D eigenvalue weighted by atomic mass is 16.1. The minimum absolute atomic E-state index is 0.136. The van der Waals surface area contributed by atoms with Crippen LogP contribution in [-0.4, -0.2) is 9.97 Å². The van der Waals surface area contributed by atoms with Crippen molar-refractivity contribution in [1.29, 1.82) is 0 Å². The Morgan fingerprint density at radius 1 is 1.14 bits per heavy atom. The highest BCUT2D eigenvalue weighted by Crippen LogP contribution is 2.23. The summed E-state index contributed by atoms with van der Waals surface area (Å²) >= 11 is 0.